The van der Waals surface area contributed by atoms with Crippen LogP contribution < -0.4 is 10.6 Å². The van der Waals surface area contributed by atoms with Gasteiger partial charge < -0.3 is 15.2 Å². The van der Waals surface area contributed by atoms with E-state index < -0.39 is 11.6 Å². The van der Waals surface area contributed by atoms with E-state index in [1.165, 1.54) is 38.2 Å². The Morgan fingerprint density at radius 1 is 0.971 bits per heavy atom. The van der Waals surface area contributed by atoms with E-state index in [1.54, 1.807) is 12.3 Å². The average molecular weight is 478 g/mol. The second kappa shape index (κ2) is 9.56. The Bertz CT molecular complexity index is 1340. The van der Waals surface area contributed by atoms with E-state index in [4.69, 9.17) is 0 Å². The molecule has 0 atom stereocenters. The number of pyridine rings is 1. The highest BCUT2D eigenvalue weighted by Gasteiger charge is 2.18. The molecule has 9 heteroatoms. The Morgan fingerprint density at radius 3 is 2.49 bits per heavy atom. The van der Waals surface area contributed by atoms with Crippen LogP contribution in [0.25, 0.3) is 22.3 Å². The summed E-state index contributed by atoms with van der Waals surface area (Å²) in [5, 5.41) is 6.55. The lowest BCUT2D eigenvalue weighted by Crippen LogP contribution is -2.22. The number of rotatable bonds is 6. The number of nitrogens with zero attached hydrogens (tertiary/aromatic N) is 5. The van der Waals surface area contributed by atoms with Crippen LogP contribution in [0.5, 0.6) is 0 Å². The summed E-state index contributed by atoms with van der Waals surface area (Å²) < 4.78 is 31.6. The van der Waals surface area contributed by atoms with Gasteiger partial charge in [0, 0.05) is 17.6 Å². The van der Waals surface area contributed by atoms with Crippen molar-refractivity contribution in [2.75, 3.05) is 10.6 Å². The van der Waals surface area contributed by atoms with Crippen LogP contribution in [0.1, 0.15) is 57.8 Å². The molecule has 5 rings (SSSR count). The van der Waals surface area contributed by atoms with E-state index in [-0.39, 0.29) is 23.2 Å². The third-order valence-electron chi connectivity index (χ3n) is 6.44. The van der Waals surface area contributed by atoms with E-state index in [2.05, 4.69) is 30.6 Å². The molecule has 0 aliphatic heterocycles. The van der Waals surface area contributed by atoms with Gasteiger partial charge in [-0.25, -0.2) is 28.7 Å². The Hall–Kier alpha value is -3.62. The predicted octanol–water partition coefficient (Wildman–Crippen LogP) is 6.54. The van der Waals surface area contributed by atoms with Crippen LogP contribution in [0.2, 0.25) is 0 Å². The SMILES string of the molecule is Cc1nc2c(F)cc(-c3nc(Nc4ccc(NC5CCCCC5)cn4)ncc3F)cc2n1C(C)C. The van der Waals surface area contributed by atoms with Crippen LogP contribution >= 0.6 is 0 Å². The maximum Gasteiger partial charge on any atom is 0.229 e. The van der Waals surface area contributed by atoms with E-state index >= 15 is 0 Å². The molecule has 2 N–H and O–H groups in total. The molecule has 0 radical (unpaired) electrons. The van der Waals surface area contributed by atoms with Crippen molar-refractivity contribution in [3.05, 3.63) is 54.1 Å². The summed E-state index contributed by atoms with van der Waals surface area (Å²) in [4.78, 5) is 17.2. The van der Waals surface area contributed by atoms with Crippen LogP contribution in [-0.2, 0) is 0 Å². The van der Waals surface area contributed by atoms with Crippen LogP contribution in [0.3, 0.4) is 0 Å². The first-order chi connectivity index (χ1) is 16.9. The Kier molecular flexibility index (Phi) is 6.32. The zero-order valence-electron chi connectivity index (χ0n) is 20.1. The van der Waals surface area contributed by atoms with Gasteiger partial charge in [0.2, 0.25) is 5.95 Å². The monoisotopic (exact) mass is 477 g/mol. The summed E-state index contributed by atoms with van der Waals surface area (Å²) >= 11 is 0. The molecule has 1 aliphatic carbocycles. The first-order valence-corrected chi connectivity index (χ1v) is 12.1. The molecule has 35 heavy (non-hydrogen) atoms. The summed E-state index contributed by atoms with van der Waals surface area (Å²) in [5.41, 5.74) is 2.15. The third-order valence-corrected chi connectivity index (χ3v) is 6.44. The molecule has 0 bridgehead atoms. The number of hydrogen-bond acceptors (Lipinski definition) is 6. The molecule has 7 nitrogen and oxygen atoms in total. The fraction of sp³-hybridized carbons (Fsp3) is 0.385. The van der Waals surface area contributed by atoms with Gasteiger partial charge in [0.05, 0.1) is 23.6 Å². The van der Waals surface area contributed by atoms with Crippen molar-refractivity contribution >= 4 is 28.5 Å². The molecule has 1 saturated carbocycles. The van der Waals surface area contributed by atoms with E-state index in [0.29, 0.717) is 28.8 Å². The van der Waals surface area contributed by atoms with Crippen LogP contribution in [0.4, 0.5) is 26.2 Å². The van der Waals surface area contributed by atoms with Gasteiger partial charge in [0.15, 0.2) is 11.6 Å². The third kappa shape index (κ3) is 4.80. The number of hydrogen-bond donors (Lipinski definition) is 2. The maximum atomic E-state index is 14.9. The number of nitrogens with one attached hydrogen (secondary N) is 2. The average Bonchev–Trinajstić information content (AvgIpc) is 3.19. The molecular weight excluding hydrogens is 448 g/mol. The molecule has 182 valence electrons. The zero-order chi connectivity index (χ0) is 24.5. The predicted molar refractivity (Wildman–Crippen MR) is 134 cm³/mol. The summed E-state index contributed by atoms with van der Waals surface area (Å²) in [5.74, 6) is 0.253. The quantitative estimate of drug-likeness (QED) is 0.328. The topological polar surface area (TPSA) is 80.6 Å². The van der Waals surface area contributed by atoms with Gasteiger partial charge in [-0.05, 0) is 57.9 Å². The smallest absolute Gasteiger partial charge is 0.229 e. The zero-order valence-corrected chi connectivity index (χ0v) is 20.1. The molecule has 1 aromatic carbocycles. The van der Waals surface area contributed by atoms with Gasteiger partial charge >= 0.3 is 0 Å². The minimum Gasteiger partial charge on any atom is -0.381 e. The molecule has 1 fully saturated rings. The van der Waals surface area contributed by atoms with Crippen molar-refractivity contribution in [3.63, 3.8) is 0 Å². The standard InChI is InChI=1S/C26H29F2N7/c1-15(2)35-16(3)31-25-20(27)11-17(12-22(25)35)24-21(28)14-30-26(34-24)33-23-10-9-19(13-29-23)32-18-7-5-4-6-8-18/h9-15,18,32H,4-8H2,1-3H3,(H,29,30,33,34). The molecule has 4 aromatic rings. The van der Waals surface area contributed by atoms with Gasteiger partial charge in [-0.3, -0.25) is 0 Å². The van der Waals surface area contributed by atoms with E-state index in [9.17, 15) is 8.78 Å². The summed E-state index contributed by atoms with van der Waals surface area (Å²) in [7, 11) is 0. The normalized spacial score (nSPS) is 14.6. The number of aryl methyl sites for hydroxylation is 1. The molecule has 0 spiro atoms. The molecule has 0 amide bonds. The number of anilines is 3. The number of fused-ring (bicyclic) bond motifs is 1. The minimum atomic E-state index is -0.637. The number of benzene rings is 1. The molecule has 0 unspecified atom stereocenters. The second-order valence-electron chi connectivity index (χ2n) is 9.38. The second-order valence-corrected chi connectivity index (χ2v) is 9.38. The number of imidazole rings is 1. The maximum absolute atomic E-state index is 14.9. The van der Waals surface area contributed by atoms with Crippen LogP contribution in [-0.4, -0.2) is 30.5 Å². The largest absolute Gasteiger partial charge is 0.381 e. The van der Waals surface area contributed by atoms with Gasteiger partial charge in [-0.1, -0.05) is 19.3 Å². The first kappa shape index (κ1) is 23.1. The van der Waals surface area contributed by atoms with Crippen LogP contribution in [0, 0.1) is 18.6 Å². The Morgan fingerprint density at radius 2 is 1.77 bits per heavy atom. The molecule has 3 heterocycles. The Balaban J connectivity index is 1.40. The highest BCUT2D eigenvalue weighted by molar-refractivity contribution is 5.83. The van der Waals surface area contributed by atoms with Crippen LogP contribution in [0.15, 0.2) is 36.7 Å². The number of halogens is 2. The molecule has 0 saturated heterocycles. The highest BCUT2D eigenvalue weighted by Crippen LogP contribution is 2.30. The highest BCUT2D eigenvalue weighted by atomic mass is 19.1. The van der Waals surface area contributed by atoms with Gasteiger partial charge in [-0.15, -0.1) is 0 Å². The molecular formula is C26H29F2N7. The van der Waals surface area contributed by atoms with Gasteiger partial charge in [-0.2, -0.15) is 0 Å². The summed E-state index contributed by atoms with van der Waals surface area (Å²) in [6.45, 7) is 5.82. The van der Waals surface area contributed by atoms with Crippen molar-refractivity contribution in [1.29, 1.82) is 0 Å². The van der Waals surface area contributed by atoms with Crippen molar-refractivity contribution in [2.45, 2.75) is 65.0 Å². The lowest BCUT2D eigenvalue weighted by molar-refractivity contribution is 0.462. The fourth-order valence-corrected chi connectivity index (χ4v) is 4.84. The minimum absolute atomic E-state index is 0.00745. The van der Waals surface area contributed by atoms with Gasteiger partial charge in [0.25, 0.3) is 0 Å². The lowest BCUT2D eigenvalue weighted by Gasteiger charge is -2.23. The Labute approximate surface area is 203 Å². The lowest BCUT2D eigenvalue weighted by atomic mass is 9.95. The number of aromatic nitrogens is 5. The van der Waals surface area contributed by atoms with E-state index in [1.807, 2.05) is 37.5 Å². The van der Waals surface area contributed by atoms with E-state index in [0.717, 1.165) is 11.9 Å². The van der Waals surface area contributed by atoms with Crippen molar-refractivity contribution < 1.29 is 8.78 Å². The van der Waals surface area contributed by atoms with Gasteiger partial charge in [0.1, 0.15) is 22.9 Å². The summed E-state index contributed by atoms with van der Waals surface area (Å²) in [6, 6.07) is 7.32. The first-order valence-electron chi connectivity index (χ1n) is 12.1. The summed E-state index contributed by atoms with van der Waals surface area (Å²) in [6.07, 6.45) is 9.01. The van der Waals surface area contributed by atoms with Crippen molar-refractivity contribution in [1.82, 2.24) is 24.5 Å². The van der Waals surface area contributed by atoms with Crippen molar-refractivity contribution in [3.8, 4) is 11.3 Å². The molecule has 3 aromatic heterocycles. The fourth-order valence-electron chi connectivity index (χ4n) is 4.84. The molecule has 1 aliphatic rings. The van der Waals surface area contributed by atoms with Crippen molar-refractivity contribution in [2.24, 2.45) is 0 Å².